The van der Waals surface area contributed by atoms with Crippen LogP contribution in [0.15, 0.2) is 48.5 Å². The van der Waals surface area contributed by atoms with Gasteiger partial charge in [0.05, 0.1) is 7.11 Å². The minimum absolute atomic E-state index is 0.772. The second kappa shape index (κ2) is 10.3. The molecule has 0 saturated heterocycles. The molecule has 2 aromatic carbocycles. The molecule has 0 aliphatic rings. The van der Waals surface area contributed by atoms with Gasteiger partial charge in [0.2, 0.25) is 0 Å². The summed E-state index contributed by atoms with van der Waals surface area (Å²) in [5.74, 6) is -2.76. The number of hydrogen-bond acceptors (Lipinski definition) is 4. The molecule has 0 amide bonds. The van der Waals surface area contributed by atoms with E-state index in [-0.39, 0.29) is 0 Å². The van der Waals surface area contributed by atoms with E-state index in [2.05, 4.69) is 17.4 Å². The maximum Gasteiger partial charge on any atom is 0.414 e. The van der Waals surface area contributed by atoms with E-state index in [0.29, 0.717) is 0 Å². The highest BCUT2D eigenvalue weighted by atomic mass is 35.5. The summed E-state index contributed by atoms with van der Waals surface area (Å²) in [5.41, 5.74) is 2.47. The van der Waals surface area contributed by atoms with Crippen LogP contribution in [0.5, 0.6) is 5.75 Å². The topological polar surface area (TPSA) is 95.9 Å². The number of halogens is 1. The van der Waals surface area contributed by atoms with Crippen molar-refractivity contribution in [2.45, 2.75) is 13.1 Å². The Hall–Kier alpha value is -2.57. The largest absolute Gasteiger partial charge is 0.497 e. The molecule has 0 fully saturated rings. The van der Waals surface area contributed by atoms with Gasteiger partial charge in [-0.1, -0.05) is 35.9 Å². The number of carbonyl (C=O) groups is 2. The number of ether oxygens (including phenoxy) is 1. The van der Waals surface area contributed by atoms with Crippen molar-refractivity contribution >= 4 is 23.5 Å². The molecule has 0 radical (unpaired) electrons. The smallest absolute Gasteiger partial charge is 0.414 e. The average molecular weight is 352 g/mol. The van der Waals surface area contributed by atoms with Gasteiger partial charge in [0.1, 0.15) is 5.75 Å². The maximum absolute atomic E-state index is 9.10. The molecule has 0 aromatic heterocycles. The normalized spacial score (nSPS) is 9.58. The first-order valence-electron chi connectivity index (χ1n) is 6.96. The van der Waals surface area contributed by atoms with Crippen LogP contribution in [-0.2, 0) is 22.7 Å². The second-order valence-electron chi connectivity index (χ2n) is 4.69. The van der Waals surface area contributed by atoms with Crippen molar-refractivity contribution in [2.24, 2.45) is 0 Å². The Balaban J connectivity index is 0.000000413. The minimum atomic E-state index is -1.82. The van der Waals surface area contributed by atoms with Crippen LogP contribution in [0.3, 0.4) is 0 Å². The first-order valence-corrected chi connectivity index (χ1v) is 7.34. The molecule has 0 unspecified atom stereocenters. The predicted octanol–water partition coefficient (Wildman–Crippen LogP) is 2.79. The summed E-state index contributed by atoms with van der Waals surface area (Å²) in [5, 5.41) is 18.9. The summed E-state index contributed by atoms with van der Waals surface area (Å²) in [6.07, 6.45) is 0. The number of carboxylic acids is 2. The van der Waals surface area contributed by atoms with Gasteiger partial charge in [0.15, 0.2) is 0 Å². The Labute approximate surface area is 144 Å². The molecule has 0 atom stereocenters. The molecule has 0 heterocycles. The molecule has 128 valence electrons. The number of hydrogen-bond donors (Lipinski definition) is 3. The van der Waals surface area contributed by atoms with Gasteiger partial charge in [-0.3, -0.25) is 0 Å². The fraction of sp³-hybridized carbons (Fsp3) is 0.176. The zero-order chi connectivity index (χ0) is 17.9. The molecular weight excluding hydrogens is 334 g/mol. The second-order valence-corrected chi connectivity index (χ2v) is 5.12. The number of aliphatic carboxylic acids is 2. The highest BCUT2D eigenvalue weighted by molar-refractivity contribution is 6.30. The zero-order valence-electron chi connectivity index (χ0n) is 13.0. The first kappa shape index (κ1) is 19.5. The van der Waals surface area contributed by atoms with Gasteiger partial charge in [-0.25, -0.2) is 9.59 Å². The lowest BCUT2D eigenvalue weighted by Crippen LogP contribution is -2.12. The van der Waals surface area contributed by atoms with Crippen molar-refractivity contribution < 1.29 is 24.5 Å². The Kier molecular flexibility index (Phi) is 8.32. The molecular formula is C17H18ClNO5. The Morgan fingerprint density at radius 3 is 1.71 bits per heavy atom. The van der Waals surface area contributed by atoms with Crippen LogP contribution in [0.25, 0.3) is 0 Å². The van der Waals surface area contributed by atoms with Crippen molar-refractivity contribution in [1.82, 2.24) is 5.32 Å². The molecule has 24 heavy (non-hydrogen) atoms. The SMILES string of the molecule is COc1ccc(CNCc2ccc(Cl)cc2)cc1.O=C(O)C(=O)O. The van der Waals surface area contributed by atoms with Crippen LogP contribution >= 0.6 is 11.6 Å². The number of carboxylic acid groups (broad SMARTS) is 2. The first-order chi connectivity index (χ1) is 11.4. The maximum atomic E-state index is 9.10. The van der Waals surface area contributed by atoms with Crippen LogP contribution < -0.4 is 10.1 Å². The predicted molar refractivity (Wildman–Crippen MR) is 90.3 cm³/mol. The van der Waals surface area contributed by atoms with E-state index in [4.69, 9.17) is 36.1 Å². The molecule has 3 N–H and O–H groups in total. The van der Waals surface area contributed by atoms with Gasteiger partial charge in [0, 0.05) is 18.1 Å². The lowest BCUT2D eigenvalue weighted by atomic mass is 10.2. The quantitative estimate of drug-likeness (QED) is 0.717. The Morgan fingerprint density at radius 2 is 1.33 bits per heavy atom. The van der Waals surface area contributed by atoms with Gasteiger partial charge in [-0.05, 0) is 35.4 Å². The van der Waals surface area contributed by atoms with Gasteiger partial charge in [-0.2, -0.15) is 0 Å². The standard InChI is InChI=1S/C15H16ClNO.C2H2O4/c1-18-15-8-4-13(5-9-15)11-17-10-12-2-6-14(16)7-3-12;3-1(4)2(5)6/h2-9,17H,10-11H2,1H3;(H,3,4)(H,5,6). The van der Waals surface area contributed by atoms with E-state index < -0.39 is 11.9 Å². The molecule has 6 nitrogen and oxygen atoms in total. The fourth-order valence-electron chi connectivity index (χ4n) is 1.70. The number of methoxy groups -OCH3 is 1. The Bertz CT molecular complexity index is 644. The summed E-state index contributed by atoms with van der Waals surface area (Å²) >= 11 is 5.84. The summed E-state index contributed by atoms with van der Waals surface area (Å²) in [6, 6.07) is 15.9. The van der Waals surface area contributed by atoms with E-state index in [9.17, 15) is 0 Å². The molecule has 0 aliphatic heterocycles. The van der Waals surface area contributed by atoms with Crippen molar-refractivity contribution in [1.29, 1.82) is 0 Å². The third-order valence-electron chi connectivity index (χ3n) is 2.91. The minimum Gasteiger partial charge on any atom is -0.497 e. The van der Waals surface area contributed by atoms with Crippen molar-refractivity contribution in [3.8, 4) is 5.75 Å². The molecule has 2 rings (SSSR count). The monoisotopic (exact) mass is 351 g/mol. The van der Waals surface area contributed by atoms with Crippen LogP contribution in [0.1, 0.15) is 11.1 Å². The van der Waals surface area contributed by atoms with Gasteiger partial charge in [0.25, 0.3) is 0 Å². The summed E-state index contributed by atoms with van der Waals surface area (Å²) < 4.78 is 5.12. The van der Waals surface area contributed by atoms with Gasteiger partial charge in [-0.15, -0.1) is 0 Å². The van der Waals surface area contributed by atoms with E-state index >= 15 is 0 Å². The molecule has 2 aromatic rings. The van der Waals surface area contributed by atoms with Crippen molar-refractivity contribution in [3.63, 3.8) is 0 Å². The van der Waals surface area contributed by atoms with Gasteiger partial charge < -0.3 is 20.3 Å². The van der Waals surface area contributed by atoms with Crippen molar-refractivity contribution in [3.05, 3.63) is 64.7 Å². The Morgan fingerprint density at radius 1 is 0.917 bits per heavy atom. The molecule has 7 heteroatoms. The molecule has 0 saturated carbocycles. The highest BCUT2D eigenvalue weighted by Crippen LogP contribution is 2.12. The van der Waals surface area contributed by atoms with Crippen LogP contribution in [-0.4, -0.2) is 29.3 Å². The fourth-order valence-corrected chi connectivity index (χ4v) is 1.82. The van der Waals surface area contributed by atoms with Gasteiger partial charge >= 0.3 is 11.9 Å². The average Bonchev–Trinajstić information content (AvgIpc) is 2.58. The third kappa shape index (κ3) is 7.62. The third-order valence-corrected chi connectivity index (χ3v) is 3.17. The van der Waals surface area contributed by atoms with E-state index in [1.807, 2.05) is 36.4 Å². The van der Waals surface area contributed by atoms with Crippen LogP contribution in [0.4, 0.5) is 0 Å². The summed E-state index contributed by atoms with van der Waals surface area (Å²) in [4.78, 5) is 18.2. The zero-order valence-corrected chi connectivity index (χ0v) is 13.8. The van der Waals surface area contributed by atoms with E-state index in [1.54, 1.807) is 7.11 Å². The molecule has 0 spiro atoms. The number of rotatable bonds is 5. The van der Waals surface area contributed by atoms with E-state index in [1.165, 1.54) is 11.1 Å². The van der Waals surface area contributed by atoms with Crippen LogP contribution in [0, 0.1) is 0 Å². The molecule has 0 aliphatic carbocycles. The summed E-state index contributed by atoms with van der Waals surface area (Å²) in [7, 11) is 1.67. The van der Waals surface area contributed by atoms with Crippen molar-refractivity contribution in [2.75, 3.05) is 7.11 Å². The van der Waals surface area contributed by atoms with E-state index in [0.717, 1.165) is 23.9 Å². The summed E-state index contributed by atoms with van der Waals surface area (Å²) in [6.45, 7) is 1.68. The molecule has 0 bridgehead atoms. The van der Waals surface area contributed by atoms with Crippen LogP contribution in [0.2, 0.25) is 5.02 Å². The lowest BCUT2D eigenvalue weighted by molar-refractivity contribution is -0.159. The highest BCUT2D eigenvalue weighted by Gasteiger charge is 2.04. The number of nitrogens with one attached hydrogen (secondary N) is 1. The lowest BCUT2D eigenvalue weighted by Gasteiger charge is -2.06. The number of benzene rings is 2.